The van der Waals surface area contributed by atoms with E-state index in [-0.39, 0.29) is 26.0 Å². The third-order valence-electron chi connectivity index (χ3n) is 11.6. The summed E-state index contributed by atoms with van der Waals surface area (Å²) in [6.45, 7) is 9.37. The molecule has 1 aromatic heterocycles. The van der Waals surface area contributed by atoms with E-state index in [1.807, 2.05) is 69.3 Å². The number of sulfonamides is 1. The fraction of sp³-hybridized carbons (Fsp3) is 0.512. The first-order valence-corrected chi connectivity index (χ1v) is 21.7. The molecule has 310 valence electrons. The summed E-state index contributed by atoms with van der Waals surface area (Å²) in [6.07, 6.45) is 5.10. The van der Waals surface area contributed by atoms with E-state index in [9.17, 15) is 27.6 Å². The Hall–Kier alpha value is -5.18. The number of pyridine rings is 1. The molecule has 1 saturated heterocycles. The van der Waals surface area contributed by atoms with Gasteiger partial charge < -0.3 is 29.7 Å². The number of aromatic nitrogens is 1. The van der Waals surface area contributed by atoms with Crippen molar-refractivity contribution in [1.82, 2.24) is 25.2 Å². The molecule has 2 aliphatic heterocycles. The monoisotopic (exact) mass is 815 g/mol. The molecule has 4 aliphatic rings. The van der Waals surface area contributed by atoms with Gasteiger partial charge in [-0.1, -0.05) is 70.0 Å². The van der Waals surface area contributed by atoms with Crippen molar-refractivity contribution in [2.75, 3.05) is 20.3 Å². The summed E-state index contributed by atoms with van der Waals surface area (Å²) in [5.41, 5.74) is 0.775. The highest BCUT2D eigenvalue weighted by atomic mass is 32.2. The molecule has 2 aliphatic carbocycles. The van der Waals surface area contributed by atoms with E-state index < -0.39 is 74.1 Å². The molecule has 7 rings (SSSR count). The van der Waals surface area contributed by atoms with E-state index in [0.717, 1.165) is 42.2 Å². The lowest BCUT2D eigenvalue weighted by molar-refractivity contribution is -0.142. The number of amides is 4. The second-order valence-electron chi connectivity index (χ2n) is 17.0. The van der Waals surface area contributed by atoms with Crippen molar-refractivity contribution in [3.05, 3.63) is 66.7 Å². The molecule has 3 N–H and O–H groups in total. The lowest BCUT2D eigenvalue weighted by Crippen LogP contribution is -2.60. The van der Waals surface area contributed by atoms with E-state index in [4.69, 9.17) is 19.2 Å². The number of carbonyl (C=O) groups is 4. The number of aryl methyl sites for hydroxylation is 1. The van der Waals surface area contributed by atoms with Crippen LogP contribution in [0.5, 0.6) is 11.5 Å². The summed E-state index contributed by atoms with van der Waals surface area (Å²) in [7, 11) is -2.28. The largest absolute Gasteiger partial charge is 0.496 e. The van der Waals surface area contributed by atoms with Crippen molar-refractivity contribution >= 4 is 44.7 Å². The molecule has 3 fully saturated rings. The Labute approximate surface area is 339 Å². The first-order chi connectivity index (χ1) is 27.6. The van der Waals surface area contributed by atoms with Crippen molar-refractivity contribution in [3.8, 4) is 22.8 Å². The summed E-state index contributed by atoms with van der Waals surface area (Å²) < 4.78 is 46.0. The Balaban J connectivity index is 1.28. The molecule has 0 radical (unpaired) electrons. The molecular weight excluding hydrogens is 763 g/mol. The van der Waals surface area contributed by atoms with Crippen LogP contribution in [0.15, 0.2) is 61.2 Å². The summed E-state index contributed by atoms with van der Waals surface area (Å²) in [6, 6.07) is 13.2. The van der Waals surface area contributed by atoms with Crippen molar-refractivity contribution in [2.24, 2.45) is 11.3 Å². The number of methoxy groups -OCH3 is 1. The number of alkyl carbamates (subject to hydrolysis) is 1. The van der Waals surface area contributed by atoms with Gasteiger partial charge in [0.2, 0.25) is 21.8 Å². The molecular formula is C43H53N5O9S. The van der Waals surface area contributed by atoms with Gasteiger partial charge in [0.05, 0.1) is 36.7 Å². The van der Waals surface area contributed by atoms with Gasteiger partial charge in [0, 0.05) is 35.4 Å². The number of carbonyl (C=O) groups excluding carboxylic acids is 4. The lowest BCUT2D eigenvalue weighted by Gasteiger charge is -2.35. The highest BCUT2D eigenvalue weighted by molar-refractivity contribution is 7.91. The summed E-state index contributed by atoms with van der Waals surface area (Å²) in [5.74, 6) is -1.35. The topological polar surface area (TPSA) is 182 Å². The van der Waals surface area contributed by atoms with Crippen LogP contribution >= 0.6 is 0 Å². The van der Waals surface area contributed by atoms with Crippen LogP contribution in [-0.4, -0.2) is 91.4 Å². The molecule has 2 saturated carbocycles. The van der Waals surface area contributed by atoms with E-state index in [1.165, 1.54) is 11.0 Å². The summed E-state index contributed by atoms with van der Waals surface area (Å²) in [4.78, 5) is 62.4. The van der Waals surface area contributed by atoms with Gasteiger partial charge in [-0.05, 0) is 55.6 Å². The summed E-state index contributed by atoms with van der Waals surface area (Å²) >= 11 is 0. The van der Waals surface area contributed by atoms with Crippen molar-refractivity contribution in [3.63, 3.8) is 0 Å². The molecule has 0 spiro atoms. The van der Waals surface area contributed by atoms with Gasteiger partial charge in [0.1, 0.15) is 35.2 Å². The van der Waals surface area contributed by atoms with Crippen molar-refractivity contribution in [2.45, 2.75) is 108 Å². The highest BCUT2D eigenvalue weighted by Gasteiger charge is 2.62. The quantitative estimate of drug-likeness (QED) is 0.256. The fourth-order valence-electron chi connectivity index (χ4n) is 7.99. The number of hydrogen-bond acceptors (Lipinski definition) is 10. The van der Waals surface area contributed by atoms with Crippen LogP contribution in [0, 0.1) is 11.3 Å². The maximum absolute atomic E-state index is 14.7. The Morgan fingerprint density at radius 1 is 1.07 bits per heavy atom. The average molecular weight is 816 g/mol. The molecule has 4 bridgehead atoms. The Morgan fingerprint density at radius 3 is 2.48 bits per heavy atom. The number of fused-ring (bicyclic) bond motifs is 3. The van der Waals surface area contributed by atoms with Gasteiger partial charge in [-0.3, -0.25) is 19.1 Å². The number of nitrogens with zero attached hydrogens (tertiary/aromatic N) is 2. The predicted molar refractivity (Wildman–Crippen MR) is 217 cm³/mol. The number of benzene rings is 2. The van der Waals surface area contributed by atoms with Crippen LogP contribution < -0.4 is 24.8 Å². The van der Waals surface area contributed by atoms with Crippen LogP contribution in [0.25, 0.3) is 22.2 Å². The van der Waals surface area contributed by atoms with E-state index in [1.54, 1.807) is 7.11 Å². The standard InChI is InChI=1S/C43H53N5O9S/c1-6-28-24-43(28,40(51)47-58(53,54)30-17-18-30)46-38(49)34-21-29-25-48(34)39(50)37(42(2,3)4)45-41(52)56-19-13-8-7-10-16-27-20-31-33(23-35(27)55-5)44-32(22-36(31)57-29)26-14-11-9-12-15-26/h6,9,11-12,14-15,20,22-23,28-30,34,37H,1,7-8,10,13,16-19,21,24-25H2,2-5H3,(H,45,52)(H,46,49)(H,47,51)/t28-,29+,34-,37+,43+/m0/s1. The van der Waals surface area contributed by atoms with Gasteiger partial charge >= 0.3 is 6.09 Å². The number of ether oxygens (including phenoxy) is 3. The summed E-state index contributed by atoms with van der Waals surface area (Å²) in [5, 5.41) is 5.70. The number of cyclic esters (lactones) is 1. The molecule has 2 aromatic carbocycles. The van der Waals surface area contributed by atoms with Gasteiger partial charge in [0.25, 0.3) is 5.91 Å². The molecule has 15 heteroatoms. The number of rotatable bonds is 8. The molecule has 58 heavy (non-hydrogen) atoms. The van der Waals surface area contributed by atoms with Gasteiger partial charge in [0.15, 0.2) is 0 Å². The first-order valence-electron chi connectivity index (χ1n) is 20.1. The average Bonchev–Trinajstić information content (AvgIpc) is 4.12. The maximum Gasteiger partial charge on any atom is 0.407 e. The van der Waals surface area contributed by atoms with Crippen LogP contribution in [0.3, 0.4) is 0 Å². The van der Waals surface area contributed by atoms with E-state index >= 15 is 0 Å². The third-order valence-corrected chi connectivity index (χ3v) is 13.4. The first kappa shape index (κ1) is 41.0. The van der Waals surface area contributed by atoms with Crippen LogP contribution in [0.1, 0.15) is 77.7 Å². The zero-order valence-electron chi connectivity index (χ0n) is 33.5. The van der Waals surface area contributed by atoms with Crippen molar-refractivity contribution < 1.29 is 41.8 Å². The minimum atomic E-state index is -3.91. The van der Waals surface area contributed by atoms with Gasteiger partial charge in [-0.15, -0.1) is 6.58 Å². The zero-order valence-corrected chi connectivity index (χ0v) is 34.4. The Bertz CT molecular complexity index is 2200. The van der Waals surface area contributed by atoms with Crippen LogP contribution in [0.2, 0.25) is 0 Å². The maximum atomic E-state index is 14.7. The van der Waals surface area contributed by atoms with Crippen LogP contribution in [0.4, 0.5) is 4.79 Å². The smallest absolute Gasteiger partial charge is 0.407 e. The molecule has 0 unspecified atom stereocenters. The predicted octanol–water partition coefficient (Wildman–Crippen LogP) is 5.19. The molecule has 4 amide bonds. The minimum Gasteiger partial charge on any atom is -0.496 e. The Morgan fingerprint density at radius 2 is 1.81 bits per heavy atom. The molecule has 14 nitrogen and oxygen atoms in total. The molecule has 5 atom stereocenters. The highest BCUT2D eigenvalue weighted by Crippen LogP contribution is 2.46. The van der Waals surface area contributed by atoms with Gasteiger partial charge in [-0.25, -0.2) is 18.2 Å². The van der Waals surface area contributed by atoms with E-state index in [2.05, 4.69) is 21.9 Å². The minimum absolute atomic E-state index is 0.0310. The second-order valence-corrected chi connectivity index (χ2v) is 18.9. The lowest BCUT2D eigenvalue weighted by atomic mass is 9.85. The SMILES string of the molecule is C=C[C@H]1C[C@]1(NC(=O)[C@@H]1C[C@@H]2CN1C(=O)[C@H](C(C)(C)C)NC(=O)OCCCCCCc1cc3c(cc(-c4ccccc4)nc3cc1OC)O2)C(=O)NS(=O)(=O)C1CC1. The fourth-order valence-corrected chi connectivity index (χ4v) is 9.35. The van der Waals surface area contributed by atoms with Crippen LogP contribution in [-0.2, 0) is 35.6 Å². The zero-order chi connectivity index (χ0) is 41.4. The third kappa shape index (κ3) is 8.64. The molecule has 3 aromatic rings. The normalized spacial score (nSPS) is 25.6. The number of nitrogens with one attached hydrogen (secondary N) is 3. The van der Waals surface area contributed by atoms with Crippen molar-refractivity contribution in [1.29, 1.82) is 0 Å². The second kappa shape index (κ2) is 16.2. The van der Waals surface area contributed by atoms with Gasteiger partial charge in [-0.2, -0.15) is 0 Å². The number of hydrogen-bond donors (Lipinski definition) is 3. The Kier molecular flexibility index (Phi) is 11.5. The molecule has 3 heterocycles. The van der Waals surface area contributed by atoms with E-state index in [0.29, 0.717) is 42.0 Å².